The first-order valence-corrected chi connectivity index (χ1v) is 5.54. The van der Waals surface area contributed by atoms with Crippen molar-refractivity contribution < 1.29 is 5.11 Å². The molecule has 0 aliphatic carbocycles. The molecule has 3 nitrogen and oxygen atoms in total. The summed E-state index contributed by atoms with van der Waals surface area (Å²) < 4.78 is 0.870. The number of nitrogens with zero attached hydrogens (tertiary/aromatic N) is 2. The van der Waals surface area contributed by atoms with Crippen LogP contribution in [0.1, 0.15) is 12.0 Å². The topological polar surface area (TPSA) is 36.4 Å². The van der Waals surface area contributed by atoms with E-state index in [0.29, 0.717) is 0 Å². The zero-order valence-electron chi connectivity index (χ0n) is 7.86. The van der Waals surface area contributed by atoms with Gasteiger partial charge in [0.15, 0.2) is 0 Å². The molecule has 1 aliphatic heterocycles. The highest BCUT2D eigenvalue weighted by Gasteiger charge is 2.19. The van der Waals surface area contributed by atoms with Gasteiger partial charge in [-0.25, -0.2) is 4.98 Å². The smallest absolute Gasteiger partial charge is 0.106 e. The maximum absolute atomic E-state index is 9.37. The molecule has 0 amide bonds. The van der Waals surface area contributed by atoms with Crippen LogP contribution in [0, 0.1) is 0 Å². The van der Waals surface area contributed by atoms with Gasteiger partial charge in [-0.15, -0.1) is 0 Å². The number of rotatable bonds is 2. The van der Waals surface area contributed by atoms with Gasteiger partial charge in [-0.3, -0.25) is 4.90 Å². The lowest BCUT2D eigenvalue weighted by Crippen LogP contribution is -2.21. The van der Waals surface area contributed by atoms with E-state index in [1.54, 1.807) is 6.20 Å². The third kappa shape index (κ3) is 2.53. The molecule has 0 radical (unpaired) electrons. The minimum absolute atomic E-state index is 0.139. The van der Waals surface area contributed by atoms with Gasteiger partial charge in [0.1, 0.15) is 4.60 Å². The van der Waals surface area contributed by atoms with E-state index in [0.717, 1.165) is 30.7 Å². The number of hydrogen-bond acceptors (Lipinski definition) is 3. The third-order valence-corrected chi connectivity index (χ3v) is 2.88. The predicted molar refractivity (Wildman–Crippen MR) is 57.8 cm³/mol. The molecular weight excluding hydrogens is 244 g/mol. The van der Waals surface area contributed by atoms with Crippen LogP contribution in [0.3, 0.4) is 0 Å². The second-order valence-electron chi connectivity index (χ2n) is 3.66. The Kier molecular flexibility index (Phi) is 3.15. The van der Waals surface area contributed by atoms with Crippen LogP contribution >= 0.6 is 15.9 Å². The van der Waals surface area contributed by atoms with Crippen molar-refractivity contribution in [2.24, 2.45) is 0 Å². The van der Waals surface area contributed by atoms with Crippen molar-refractivity contribution in [1.29, 1.82) is 0 Å². The number of β-amino-alcohol motifs (C(OH)–C–C–N with tert-alkyl or cyclic N) is 1. The lowest BCUT2D eigenvalue weighted by atomic mass is 10.2. The number of aliphatic hydroxyl groups excluding tert-OH is 1. The molecule has 1 fully saturated rings. The molecule has 1 aromatic heterocycles. The van der Waals surface area contributed by atoms with Crippen molar-refractivity contribution >= 4 is 15.9 Å². The number of likely N-dealkylation sites (tertiary alicyclic amines) is 1. The number of aromatic nitrogens is 1. The monoisotopic (exact) mass is 256 g/mol. The van der Waals surface area contributed by atoms with Crippen molar-refractivity contribution in [3.8, 4) is 0 Å². The van der Waals surface area contributed by atoms with E-state index < -0.39 is 0 Å². The van der Waals surface area contributed by atoms with Crippen LogP contribution in [0.5, 0.6) is 0 Å². The van der Waals surface area contributed by atoms with Crippen molar-refractivity contribution in [3.05, 3.63) is 28.5 Å². The van der Waals surface area contributed by atoms with Gasteiger partial charge in [-0.1, -0.05) is 0 Å². The lowest BCUT2D eigenvalue weighted by Gasteiger charge is -2.14. The number of hydrogen-bond donors (Lipinski definition) is 1. The van der Waals surface area contributed by atoms with Gasteiger partial charge in [0.05, 0.1) is 6.10 Å². The minimum atomic E-state index is -0.139. The third-order valence-electron chi connectivity index (χ3n) is 2.44. The normalized spacial score (nSPS) is 22.9. The molecule has 1 unspecified atom stereocenters. The lowest BCUT2D eigenvalue weighted by molar-refractivity contribution is 0.175. The molecule has 1 N–H and O–H groups in total. The first kappa shape index (κ1) is 10.1. The summed E-state index contributed by atoms with van der Waals surface area (Å²) in [6.07, 6.45) is 2.55. The number of aliphatic hydroxyl groups is 1. The molecule has 0 saturated carbocycles. The van der Waals surface area contributed by atoms with Crippen LogP contribution in [-0.2, 0) is 6.54 Å². The average Bonchev–Trinajstić information content (AvgIpc) is 2.51. The largest absolute Gasteiger partial charge is 0.392 e. The highest BCUT2D eigenvalue weighted by molar-refractivity contribution is 9.10. The SMILES string of the molecule is OC1CCN(Cc2ccnc(Br)c2)C1. The molecule has 0 aromatic carbocycles. The maximum atomic E-state index is 9.37. The summed E-state index contributed by atoms with van der Waals surface area (Å²) in [6, 6.07) is 4.03. The summed E-state index contributed by atoms with van der Waals surface area (Å²) in [4.78, 5) is 6.33. The Balaban J connectivity index is 1.97. The Labute approximate surface area is 91.9 Å². The van der Waals surface area contributed by atoms with E-state index in [9.17, 15) is 5.11 Å². The van der Waals surface area contributed by atoms with E-state index in [1.807, 2.05) is 12.1 Å². The van der Waals surface area contributed by atoms with Crippen LogP contribution in [0.15, 0.2) is 22.9 Å². The van der Waals surface area contributed by atoms with Gasteiger partial charge < -0.3 is 5.11 Å². The number of pyridine rings is 1. The van der Waals surface area contributed by atoms with Gasteiger partial charge in [-0.2, -0.15) is 0 Å². The molecule has 1 aliphatic rings. The summed E-state index contributed by atoms with van der Waals surface area (Å²) in [5, 5.41) is 9.37. The van der Waals surface area contributed by atoms with Crippen LogP contribution in [0.25, 0.3) is 0 Å². The number of halogens is 1. The van der Waals surface area contributed by atoms with Crippen molar-refractivity contribution in [1.82, 2.24) is 9.88 Å². The summed E-state index contributed by atoms with van der Waals surface area (Å²) in [5.41, 5.74) is 1.24. The van der Waals surface area contributed by atoms with E-state index in [1.165, 1.54) is 5.56 Å². The maximum Gasteiger partial charge on any atom is 0.106 e. The second-order valence-corrected chi connectivity index (χ2v) is 4.48. The predicted octanol–water partition coefficient (Wildman–Crippen LogP) is 1.41. The van der Waals surface area contributed by atoms with Crippen LogP contribution in [0.2, 0.25) is 0 Å². The minimum Gasteiger partial charge on any atom is -0.392 e. The fourth-order valence-electron chi connectivity index (χ4n) is 1.75. The van der Waals surface area contributed by atoms with Crippen molar-refractivity contribution in [2.75, 3.05) is 13.1 Å². The average molecular weight is 257 g/mol. The van der Waals surface area contributed by atoms with E-state index in [4.69, 9.17) is 0 Å². The summed E-state index contributed by atoms with van der Waals surface area (Å²) in [5.74, 6) is 0. The first-order valence-electron chi connectivity index (χ1n) is 4.75. The van der Waals surface area contributed by atoms with E-state index in [-0.39, 0.29) is 6.10 Å². The molecule has 14 heavy (non-hydrogen) atoms. The van der Waals surface area contributed by atoms with Crippen LogP contribution in [0.4, 0.5) is 0 Å². The molecule has 76 valence electrons. The molecule has 0 spiro atoms. The first-order chi connectivity index (χ1) is 6.74. The fraction of sp³-hybridized carbons (Fsp3) is 0.500. The Morgan fingerprint density at radius 3 is 3.14 bits per heavy atom. The van der Waals surface area contributed by atoms with Gasteiger partial charge in [0, 0.05) is 25.8 Å². The highest BCUT2D eigenvalue weighted by atomic mass is 79.9. The zero-order chi connectivity index (χ0) is 9.97. The Morgan fingerprint density at radius 2 is 2.50 bits per heavy atom. The van der Waals surface area contributed by atoms with Crippen molar-refractivity contribution in [2.45, 2.75) is 19.1 Å². The second kappa shape index (κ2) is 4.38. The molecule has 0 bridgehead atoms. The van der Waals surface area contributed by atoms with Crippen molar-refractivity contribution in [3.63, 3.8) is 0 Å². The molecule has 1 saturated heterocycles. The van der Waals surface area contributed by atoms with Crippen LogP contribution in [-0.4, -0.2) is 34.2 Å². The summed E-state index contributed by atoms with van der Waals surface area (Å²) in [6.45, 7) is 2.68. The summed E-state index contributed by atoms with van der Waals surface area (Å²) >= 11 is 3.34. The Bertz CT molecular complexity index is 319. The zero-order valence-corrected chi connectivity index (χ0v) is 9.44. The highest BCUT2D eigenvalue weighted by Crippen LogP contribution is 2.15. The Hall–Kier alpha value is -0.450. The van der Waals surface area contributed by atoms with Gasteiger partial charge in [0.25, 0.3) is 0 Å². The molecule has 1 aromatic rings. The fourth-order valence-corrected chi connectivity index (χ4v) is 2.17. The molecule has 1 atom stereocenters. The van der Waals surface area contributed by atoms with E-state index >= 15 is 0 Å². The van der Waals surface area contributed by atoms with Gasteiger partial charge in [0.2, 0.25) is 0 Å². The molecule has 2 heterocycles. The van der Waals surface area contributed by atoms with Crippen LogP contribution < -0.4 is 0 Å². The summed E-state index contributed by atoms with van der Waals surface area (Å²) in [7, 11) is 0. The Morgan fingerprint density at radius 1 is 1.64 bits per heavy atom. The van der Waals surface area contributed by atoms with Gasteiger partial charge in [-0.05, 0) is 40.0 Å². The molecule has 4 heteroatoms. The quantitative estimate of drug-likeness (QED) is 0.814. The standard InChI is InChI=1S/C10H13BrN2O/c11-10-5-8(1-3-12-10)6-13-4-2-9(14)7-13/h1,3,5,9,14H,2,4,6-7H2. The van der Waals surface area contributed by atoms with Gasteiger partial charge >= 0.3 is 0 Å². The molecule has 2 rings (SSSR count). The van der Waals surface area contributed by atoms with E-state index in [2.05, 4.69) is 25.8 Å². The molecular formula is C10H13BrN2O.